The monoisotopic (exact) mass is 418 g/mol. The van der Waals surface area contributed by atoms with E-state index in [4.69, 9.17) is 9.47 Å². The van der Waals surface area contributed by atoms with Crippen LogP contribution in [0.25, 0.3) is 0 Å². The summed E-state index contributed by atoms with van der Waals surface area (Å²) in [5, 5.41) is 0. The maximum absolute atomic E-state index is 12.2. The second kappa shape index (κ2) is 15.0. The van der Waals surface area contributed by atoms with Crippen molar-refractivity contribution in [3.63, 3.8) is 0 Å². The van der Waals surface area contributed by atoms with Crippen molar-refractivity contribution in [2.45, 2.75) is 111 Å². The molecule has 0 radical (unpaired) electrons. The number of hydrogen-bond acceptors (Lipinski definition) is 4. The molecule has 0 aromatic heterocycles. The summed E-state index contributed by atoms with van der Waals surface area (Å²) in [6.07, 6.45) is 13.1. The van der Waals surface area contributed by atoms with E-state index in [1.165, 1.54) is 38.5 Å². The Labute approximate surface area is 183 Å². The number of para-hydroxylation sites is 2. The van der Waals surface area contributed by atoms with Crippen LogP contribution in [0.2, 0.25) is 0 Å². The summed E-state index contributed by atoms with van der Waals surface area (Å²) >= 11 is 0. The van der Waals surface area contributed by atoms with Gasteiger partial charge in [0.05, 0.1) is 0 Å². The number of unbranched alkanes of at least 4 members (excludes halogenated alkanes) is 8. The molecule has 0 spiro atoms. The highest BCUT2D eigenvalue weighted by Gasteiger charge is 2.14. The van der Waals surface area contributed by atoms with Gasteiger partial charge in [-0.1, -0.05) is 91.2 Å². The van der Waals surface area contributed by atoms with Crippen LogP contribution in [0.3, 0.4) is 0 Å². The first-order valence-electron chi connectivity index (χ1n) is 11.8. The zero-order valence-corrected chi connectivity index (χ0v) is 19.6. The minimum atomic E-state index is -0.282. The van der Waals surface area contributed by atoms with E-state index in [0.29, 0.717) is 24.3 Å². The lowest BCUT2D eigenvalue weighted by Crippen LogP contribution is -2.12. The lowest BCUT2D eigenvalue weighted by Gasteiger charge is -2.17. The topological polar surface area (TPSA) is 52.6 Å². The summed E-state index contributed by atoms with van der Waals surface area (Å²) < 4.78 is 10.9. The van der Waals surface area contributed by atoms with Gasteiger partial charge in [0.25, 0.3) is 0 Å². The molecule has 0 heterocycles. The number of benzene rings is 1. The number of rotatable bonds is 15. The van der Waals surface area contributed by atoms with Crippen molar-refractivity contribution in [1.29, 1.82) is 0 Å². The van der Waals surface area contributed by atoms with Crippen molar-refractivity contribution in [3.8, 4) is 11.5 Å². The summed E-state index contributed by atoms with van der Waals surface area (Å²) in [5.74, 6) is 0.0952. The zero-order chi connectivity index (χ0) is 22.2. The van der Waals surface area contributed by atoms with E-state index in [1.807, 2.05) is 0 Å². The van der Waals surface area contributed by atoms with Crippen molar-refractivity contribution >= 4 is 11.9 Å². The molecule has 0 saturated carbocycles. The highest BCUT2D eigenvalue weighted by atomic mass is 16.6. The fourth-order valence-electron chi connectivity index (χ4n) is 3.29. The Balaban J connectivity index is 2.31. The Morgan fingerprint density at radius 1 is 0.700 bits per heavy atom. The molecule has 1 aromatic carbocycles. The first-order valence-corrected chi connectivity index (χ1v) is 11.8. The number of ether oxygens (including phenoxy) is 2. The Morgan fingerprint density at radius 3 is 1.60 bits per heavy atom. The van der Waals surface area contributed by atoms with Crippen LogP contribution in [0.5, 0.6) is 11.5 Å². The Bertz CT molecular complexity index is 616. The van der Waals surface area contributed by atoms with Crippen molar-refractivity contribution < 1.29 is 19.1 Å². The lowest BCUT2D eigenvalue weighted by atomic mass is 9.89. The summed E-state index contributed by atoms with van der Waals surface area (Å²) in [4.78, 5) is 24.3. The molecule has 0 aliphatic carbocycles. The van der Waals surface area contributed by atoms with E-state index in [9.17, 15) is 9.59 Å². The number of hydrogen-bond donors (Lipinski definition) is 0. The minimum Gasteiger partial charge on any atom is -0.423 e. The van der Waals surface area contributed by atoms with Gasteiger partial charge in [0.1, 0.15) is 0 Å². The highest BCUT2D eigenvalue weighted by Crippen LogP contribution is 2.28. The molecule has 1 aromatic rings. The Morgan fingerprint density at radius 2 is 1.13 bits per heavy atom. The van der Waals surface area contributed by atoms with Gasteiger partial charge >= 0.3 is 11.9 Å². The third-order valence-corrected chi connectivity index (χ3v) is 5.09. The van der Waals surface area contributed by atoms with E-state index in [2.05, 4.69) is 27.7 Å². The summed E-state index contributed by atoms with van der Waals surface area (Å²) in [6.45, 7) is 8.81. The average molecular weight is 419 g/mol. The molecule has 0 bridgehead atoms. The van der Waals surface area contributed by atoms with Gasteiger partial charge in [-0.25, -0.2) is 0 Å². The Hall–Kier alpha value is -1.84. The average Bonchev–Trinajstić information content (AvgIpc) is 2.68. The minimum absolute atomic E-state index is 0.269. The van der Waals surface area contributed by atoms with Crippen LogP contribution in [-0.4, -0.2) is 11.9 Å². The van der Waals surface area contributed by atoms with Crippen LogP contribution in [0, 0.1) is 5.41 Å². The summed E-state index contributed by atoms with van der Waals surface area (Å²) in [5.41, 5.74) is 0.278. The van der Waals surface area contributed by atoms with Gasteiger partial charge in [-0.2, -0.15) is 0 Å². The molecule has 0 aliphatic rings. The van der Waals surface area contributed by atoms with Gasteiger partial charge in [0.2, 0.25) is 0 Å². The van der Waals surface area contributed by atoms with Gasteiger partial charge in [0, 0.05) is 12.8 Å². The second-order valence-corrected chi connectivity index (χ2v) is 9.39. The highest BCUT2D eigenvalue weighted by molar-refractivity contribution is 5.76. The molecule has 30 heavy (non-hydrogen) atoms. The van der Waals surface area contributed by atoms with Gasteiger partial charge in [0.15, 0.2) is 11.5 Å². The first kappa shape index (κ1) is 26.2. The van der Waals surface area contributed by atoms with Crippen molar-refractivity contribution in [1.82, 2.24) is 0 Å². The van der Waals surface area contributed by atoms with E-state index in [0.717, 1.165) is 32.1 Å². The van der Waals surface area contributed by atoms with Crippen molar-refractivity contribution in [2.75, 3.05) is 0 Å². The van der Waals surface area contributed by atoms with E-state index in [-0.39, 0.29) is 17.4 Å². The number of esters is 2. The van der Waals surface area contributed by atoms with Gasteiger partial charge < -0.3 is 9.47 Å². The number of carbonyl (C=O) groups excluding carboxylic acids is 2. The molecular formula is C26H42O4. The Kier molecular flexibility index (Phi) is 13.1. The lowest BCUT2D eigenvalue weighted by molar-refractivity contribution is -0.137. The van der Waals surface area contributed by atoms with Crippen LogP contribution >= 0.6 is 0 Å². The maximum atomic E-state index is 12.2. The molecule has 0 saturated heterocycles. The van der Waals surface area contributed by atoms with Crippen LogP contribution in [-0.2, 0) is 9.59 Å². The number of carbonyl (C=O) groups is 2. The van der Waals surface area contributed by atoms with Crippen LogP contribution in [0.15, 0.2) is 24.3 Å². The molecule has 0 atom stereocenters. The van der Waals surface area contributed by atoms with Crippen molar-refractivity contribution in [3.05, 3.63) is 24.3 Å². The van der Waals surface area contributed by atoms with E-state index >= 15 is 0 Å². The standard InChI is InChI=1S/C26H42O4/c1-5-6-7-8-9-10-11-12-19-24(27)29-22-17-13-14-18-23(22)30-25(28)20-15-16-21-26(2,3)4/h13-14,17-18H,5-12,15-16,19-21H2,1-4H3. The molecule has 0 unspecified atom stereocenters. The van der Waals surface area contributed by atoms with E-state index in [1.54, 1.807) is 24.3 Å². The molecule has 0 fully saturated rings. The van der Waals surface area contributed by atoms with Gasteiger partial charge in [-0.15, -0.1) is 0 Å². The first-order chi connectivity index (χ1) is 14.3. The fraction of sp³-hybridized carbons (Fsp3) is 0.692. The predicted molar refractivity (Wildman–Crippen MR) is 123 cm³/mol. The fourth-order valence-corrected chi connectivity index (χ4v) is 3.29. The third-order valence-electron chi connectivity index (χ3n) is 5.09. The van der Waals surface area contributed by atoms with Gasteiger partial charge in [-0.05, 0) is 36.8 Å². The SMILES string of the molecule is CCCCCCCCCCC(=O)Oc1ccccc1OC(=O)CCCCC(C)(C)C. The quantitative estimate of drug-likeness (QED) is 0.167. The molecular weight excluding hydrogens is 376 g/mol. The van der Waals surface area contributed by atoms with Crippen LogP contribution in [0.4, 0.5) is 0 Å². The van der Waals surface area contributed by atoms with Crippen LogP contribution in [0.1, 0.15) is 111 Å². The normalized spacial score (nSPS) is 11.3. The second-order valence-electron chi connectivity index (χ2n) is 9.39. The molecule has 0 N–H and O–H groups in total. The molecule has 1 rings (SSSR count). The van der Waals surface area contributed by atoms with E-state index < -0.39 is 0 Å². The molecule has 0 aliphatic heterocycles. The smallest absolute Gasteiger partial charge is 0.311 e. The van der Waals surface area contributed by atoms with Crippen molar-refractivity contribution in [2.24, 2.45) is 5.41 Å². The van der Waals surface area contributed by atoms with Crippen LogP contribution < -0.4 is 9.47 Å². The third kappa shape index (κ3) is 13.4. The molecule has 4 nitrogen and oxygen atoms in total. The maximum Gasteiger partial charge on any atom is 0.311 e. The predicted octanol–water partition coefficient (Wildman–Crippen LogP) is 7.63. The molecule has 4 heteroatoms. The summed E-state index contributed by atoms with van der Waals surface area (Å²) in [6, 6.07) is 6.90. The zero-order valence-electron chi connectivity index (χ0n) is 19.6. The molecule has 0 amide bonds. The summed E-state index contributed by atoms with van der Waals surface area (Å²) in [7, 11) is 0. The molecule has 170 valence electrons. The largest absolute Gasteiger partial charge is 0.423 e. The van der Waals surface area contributed by atoms with Gasteiger partial charge in [-0.3, -0.25) is 9.59 Å².